The first kappa shape index (κ1) is 67.2. The summed E-state index contributed by atoms with van der Waals surface area (Å²) < 4.78 is 50.7. The zero-order chi connectivity index (χ0) is 53.4. The summed E-state index contributed by atoms with van der Waals surface area (Å²) in [5.41, 5.74) is 0.777. The fourth-order valence-electron chi connectivity index (χ4n) is 10.9. The van der Waals surface area contributed by atoms with Crippen LogP contribution >= 0.6 is 0 Å². The van der Waals surface area contributed by atoms with Crippen LogP contribution in [0.4, 0.5) is 0 Å². The molecule has 8 atom stereocenters. The number of esters is 3. The van der Waals surface area contributed by atoms with Crippen LogP contribution in [0.1, 0.15) is 228 Å². The molecule has 0 heterocycles. The Morgan fingerprint density at radius 1 is 0.551 bits per heavy atom. The van der Waals surface area contributed by atoms with Gasteiger partial charge in [-0.2, -0.15) is 0 Å². The maximum atomic E-state index is 14.6. The van der Waals surface area contributed by atoms with Gasteiger partial charge in [0.25, 0.3) is 0 Å². The van der Waals surface area contributed by atoms with Gasteiger partial charge in [-0.05, 0) is 124 Å². The van der Waals surface area contributed by atoms with Gasteiger partial charge in [-0.15, -0.1) is 0 Å². The van der Waals surface area contributed by atoms with Gasteiger partial charge in [0, 0.05) is 31.9 Å². The molecule has 0 rings (SSSR count). The Labute approximate surface area is 424 Å². The van der Waals surface area contributed by atoms with Crippen LogP contribution in [-0.2, 0) is 52.3 Å². The molecule has 12 heteroatoms. The molecule has 0 aromatic rings. The van der Waals surface area contributed by atoms with Crippen molar-refractivity contribution in [3.63, 3.8) is 0 Å². The second-order valence-corrected chi connectivity index (χ2v) is 21.8. The number of carbonyl (C=O) groups is 3. The third kappa shape index (κ3) is 17.4. The monoisotopic (exact) mass is 986 g/mol. The molecule has 2 N–H and O–H groups in total. The number of hydrogen-bond donors (Lipinski definition) is 1. The van der Waals surface area contributed by atoms with Gasteiger partial charge in [0.05, 0.1) is 66.5 Å². The number of methoxy groups -OCH3 is 1. The maximum absolute atomic E-state index is 14.6. The molecule has 0 aromatic heterocycles. The van der Waals surface area contributed by atoms with Crippen molar-refractivity contribution in [3.8, 4) is 0 Å². The first-order valence-electron chi connectivity index (χ1n) is 27.6. The summed E-state index contributed by atoms with van der Waals surface area (Å²) in [6.07, 6.45) is 11.0. The molecule has 0 saturated carbocycles. The molecule has 12 nitrogen and oxygen atoms in total. The normalized spacial score (nSPS) is 18.4. The summed E-state index contributed by atoms with van der Waals surface area (Å²) in [6.45, 7) is 42.5. The smallest absolute Gasteiger partial charge is 0.317 e. The van der Waals surface area contributed by atoms with Gasteiger partial charge in [-0.1, -0.05) is 109 Å². The van der Waals surface area contributed by atoms with E-state index in [4.69, 9.17) is 43.6 Å². The van der Waals surface area contributed by atoms with Crippen LogP contribution in [-0.4, -0.2) is 106 Å². The SMILES string of the molecule is CCCC(=O)OCC(C)(COC(C)(CC)C(CC)C(CC)C(CC)(CC)OCCCOC(=O)C(C)(CC)C(C)(CC)C(C)(OCCC(CC)(CC)OCCC(C)(C)OC)C(C)CC)C(=O)OCCN. The van der Waals surface area contributed by atoms with E-state index in [1.807, 2.05) is 6.92 Å². The van der Waals surface area contributed by atoms with Crippen molar-refractivity contribution < 1.29 is 52.3 Å². The third-order valence-corrected chi connectivity index (χ3v) is 17.9. The van der Waals surface area contributed by atoms with Gasteiger partial charge in [-0.25, -0.2) is 0 Å². The lowest BCUT2D eigenvalue weighted by molar-refractivity contribution is -0.217. The van der Waals surface area contributed by atoms with E-state index in [9.17, 15) is 14.4 Å². The molecule has 0 aliphatic carbocycles. The molecule has 0 bridgehead atoms. The third-order valence-electron chi connectivity index (χ3n) is 17.9. The van der Waals surface area contributed by atoms with Crippen molar-refractivity contribution in [2.45, 2.75) is 256 Å². The Hall–Kier alpha value is -1.83. The van der Waals surface area contributed by atoms with E-state index in [-0.39, 0.29) is 80.3 Å². The quantitative estimate of drug-likeness (QED) is 0.0353. The van der Waals surface area contributed by atoms with E-state index in [1.165, 1.54) is 0 Å². The van der Waals surface area contributed by atoms with Crippen molar-refractivity contribution >= 4 is 17.9 Å². The zero-order valence-corrected chi connectivity index (χ0v) is 48.6. The Balaban J connectivity index is 6.39. The molecule has 0 radical (unpaired) electrons. The van der Waals surface area contributed by atoms with Gasteiger partial charge < -0.3 is 43.6 Å². The second kappa shape index (κ2) is 31.0. The Kier molecular flexibility index (Phi) is 30.2. The largest absolute Gasteiger partial charge is 0.465 e. The van der Waals surface area contributed by atoms with Crippen molar-refractivity contribution in [1.29, 1.82) is 0 Å². The number of rotatable bonds is 41. The number of carbonyl (C=O) groups excluding carboxylic acids is 3. The first-order chi connectivity index (χ1) is 32.3. The summed E-state index contributed by atoms with van der Waals surface area (Å²) in [5.74, 6) is -0.705. The molecule has 8 unspecified atom stereocenters. The topological polar surface area (TPSA) is 151 Å². The average Bonchev–Trinajstić information content (AvgIpc) is 3.35. The second-order valence-electron chi connectivity index (χ2n) is 21.8. The molecule has 0 fully saturated rings. The number of nitrogens with two attached hydrogens (primary N) is 1. The lowest BCUT2D eigenvalue weighted by atomic mass is 9.52. The predicted octanol–water partition coefficient (Wildman–Crippen LogP) is 13.0. The molecular weight excluding hydrogens is 875 g/mol. The predicted molar refractivity (Wildman–Crippen MR) is 281 cm³/mol. The van der Waals surface area contributed by atoms with Crippen molar-refractivity contribution in [1.82, 2.24) is 0 Å². The van der Waals surface area contributed by atoms with Gasteiger partial charge in [-0.3, -0.25) is 14.4 Å². The highest BCUT2D eigenvalue weighted by Crippen LogP contribution is 2.57. The lowest BCUT2D eigenvalue weighted by Crippen LogP contribution is -2.61. The standard InChI is InChI=1S/C57H111NO11/c1-21-33-47(59)65-42-51(15,48(60)64-41-36-58)43-69-53(17,26-6)45(23-3)46(24-4)57(30-10,31-11)68-38-32-37-63-49(61)52(16,25-5)54(18,27-7)55(19,44(12)22-2)66-40-35-56(28-8,29-9)67-39-34-50(13,14)62-20/h44-46H,21-43,58H2,1-20H3. The highest BCUT2D eigenvalue weighted by Gasteiger charge is 2.61. The van der Waals surface area contributed by atoms with Gasteiger partial charge in [0.2, 0.25) is 0 Å². The van der Waals surface area contributed by atoms with Crippen molar-refractivity contribution in [2.24, 2.45) is 39.7 Å². The van der Waals surface area contributed by atoms with E-state index in [0.717, 1.165) is 64.2 Å². The van der Waals surface area contributed by atoms with Crippen molar-refractivity contribution in [2.75, 3.05) is 59.9 Å². The van der Waals surface area contributed by atoms with Crippen LogP contribution in [0, 0.1) is 34.0 Å². The summed E-state index contributed by atoms with van der Waals surface area (Å²) in [6, 6.07) is 0. The molecule has 410 valence electrons. The molecule has 0 aliphatic rings. The minimum absolute atomic E-state index is 0.0166. The van der Waals surface area contributed by atoms with Crippen LogP contribution in [0.2, 0.25) is 0 Å². The summed E-state index contributed by atoms with van der Waals surface area (Å²) in [7, 11) is 1.75. The van der Waals surface area contributed by atoms with E-state index < -0.39 is 39.0 Å². The van der Waals surface area contributed by atoms with Crippen LogP contribution in [0.15, 0.2) is 0 Å². The number of hydrogen-bond acceptors (Lipinski definition) is 12. The number of ether oxygens (including phenoxy) is 8. The maximum Gasteiger partial charge on any atom is 0.317 e. The molecule has 0 saturated heterocycles. The lowest BCUT2D eigenvalue weighted by Gasteiger charge is -2.57. The molecule has 0 aromatic carbocycles. The Morgan fingerprint density at radius 3 is 1.59 bits per heavy atom. The van der Waals surface area contributed by atoms with Gasteiger partial charge in [0.15, 0.2) is 0 Å². The highest BCUT2D eigenvalue weighted by molar-refractivity contribution is 5.78. The molecule has 0 spiro atoms. The van der Waals surface area contributed by atoms with E-state index >= 15 is 0 Å². The Bertz CT molecular complexity index is 1450. The average molecular weight is 987 g/mol. The minimum Gasteiger partial charge on any atom is -0.465 e. The highest BCUT2D eigenvalue weighted by atomic mass is 16.6. The van der Waals surface area contributed by atoms with Crippen LogP contribution in [0.5, 0.6) is 0 Å². The Morgan fingerprint density at radius 2 is 1.13 bits per heavy atom. The first-order valence-corrected chi connectivity index (χ1v) is 27.6. The molecule has 69 heavy (non-hydrogen) atoms. The summed E-state index contributed by atoms with van der Waals surface area (Å²) >= 11 is 0. The fraction of sp³-hybridized carbons (Fsp3) is 0.947. The van der Waals surface area contributed by atoms with Crippen LogP contribution in [0.3, 0.4) is 0 Å². The van der Waals surface area contributed by atoms with Gasteiger partial charge >= 0.3 is 17.9 Å². The van der Waals surface area contributed by atoms with E-state index in [1.54, 1.807) is 14.0 Å². The molecule has 0 aliphatic heterocycles. The molecular formula is C57H111NO11. The van der Waals surface area contributed by atoms with E-state index in [2.05, 4.69) is 118 Å². The van der Waals surface area contributed by atoms with Crippen LogP contribution in [0.25, 0.3) is 0 Å². The van der Waals surface area contributed by atoms with E-state index in [0.29, 0.717) is 45.5 Å². The molecule has 0 amide bonds. The summed E-state index contributed by atoms with van der Waals surface area (Å²) in [4.78, 5) is 40.5. The minimum atomic E-state index is -1.22. The summed E-state index contributed by atoms with van der Waals surface area (Å²) in [5, 5.41) is 0. The van der Waals surface area contributed by atoms with Gasteiger partial charge in [0.1, 0.15) is 18.6 Å². The van der Waals surface area contributed by atoms with Crippen LogP contribution < -0.4 is 5.73 Å². The van der Waals surface area contributed by atoms with Crippen molar-refractivity contribution in [3.05, 3.63) is 0 Å². The zero-order valence-electron chi connectivity index (χ0n) is 48.6. The fourth-order valence-corrected chi connectivity index (χ4v) is 10.9.